The van der Waals surface area contributed by atoms with Crippen LogP contribution in [0, 0.1) is 28.6 Å². The molecule has 0 spiro atoms. The van der Waals surface area contributed by atoms with Crippen LogP contribution in [0.1, 0.15) is 78.1 Å². The standard InChI is InChI=1S/C19H32N2O/c1-17-10-4-3-5-13(17)6-7-15-14(17)8-11-18(2)16(21-20)9-12-19(15,18)22/h13-15,22H,3-12,20H2,1-2H3/t13-,14-,15+,17-,18+,19-/m0/s1. The number of fused-ring (bicyclic) bond motifs is 5. The Morgan fingerprint density at radius 1 is 1.00 bits per heavy atom. The molecule has 4 aliphatic rings. The fourth-order valence-corrected chi connectivity index (χ4v) is 7.25. The molecule has 22 heavy (non-hydrogen) atoms. The molecule has 0 amide bonds. The highest BCUT2D eigenvalue weighted by molar-refractivity contribution is 5.93. The predicted octanol–water partition coefficient (Wildman–Crippen LogP) is 3.85. The van der Waals surface area contributed by atoms with Crippen molar-refractivity contribution >= 4 is 5.71 Å². The molecule has 0 aliphatic heterocycles. The first-order valence-corrected chi connectivity index (χ1v) is 9.45. The van der Waals surface area contributed by atoms with E-state index in [9.17, 15) is 5.11 Å². The third-order valence-corrected chi connectivity index (χ3v) is 8.67. The van der Waals surface area contributed by atoms with Crippen molar-refractivity contribution < 1.29 is 5.11 Å². The first-order valence-electron chi connectivity index (χ1n) is 9.45. The molecule has 0 heterocycles. The lowest BCUT2D eigenvalue weighted by atomic mass is 9.44. The van der Waals surface area contributed by atoms with E-state index >= 15 is 0 Å². The van der Waals surface area contributed by atoms with E-state index < -0.39 is 5.60 Å². The van der Waals surface area contributed by atoms with Crippen molar-refractivity contribution in [2.75, 3.05) is 0 Å². The summed E-state index contributed by atoms with van der Waals surface area (Å²) in [7, 11) is 0. The number of nitrogens with two attached hydrogens (primary N) is 1. The highest BCUT2D eigenvalue weighted by atomic mass is 16.3. The third kappa shape index (κ3) is 1.64. The second-order valence-electron chi connectivity index (χ2n) is 9.11. The predicted molar refractivity (Wildman–Crippen MR) is 89.4 cm³/mol. The maximum Gasteiger partial charge on any atom is 0.0788 e. The molecule has 4 fully saturated rings. The van der Waals surface area contributed by atoms with Gasteiger partial charge in [0.05, 0.1) is 5.60 Å². The highest BCUT2D eigenvalue weighted by Crippen LogP contribution is 2.66. The van der Waals surface area contributed by atoms with Gasteiger partial charge in [0.25, 0.3) is 0 Å². The average molecular weight is 304 g/mol. The van der Waals surface area contributed by atoms with Crippen LogP contribution in [0.3, 0.4) is 0 Å². The molecule has 0 radical (unpaired) electrons. The zero-order valence-corrected chi connectivity index (χ0v) is 14.3. The number of hydrogen-bond donors (Lipinski definition) is 2. The normalized spacial score (nSPS) is 56.3. The molecule has 6 atom stereocenters. The van der Waals surface area contributed by atoms with Crippen LogP contribution in [-0.4, -0.2) is 16.4 Å². The summed E-state index contributed by atoms with van der Waals surface area (Å²) in [5, 5.41) is 15.8. The zero-order chi connectivity index (χ0) is 15.6. The molecule has 124 valence electrons. The summed E-state index contributed by atoms with van der Waals surface area (Å²) in [6, 6.07) is 0. The molecule has 3 N–H and O–H groups in total. The van der Waals surface area contributed by atoms with Gasteiger partial charge >= 0.3 is 0 Å². The van der Waals surface area contributed by atoms with Gasteiger partial charge in [-0.15, -0.1) is 0 Å². The summed E-state index contributed by atoms with van der Waals surface area (Å²) in [6.45, 7) is 4.78. The van der Waals surface area contributed by atoms with Crippen molar-refractivity contribution in [1.29, 1.82) is 0 Å². The Morgan fingerprint density at radius 3 is 2.59 bits per heavy atom. The number of hydrazone groups is 1. The van der Waals surface area contributed by atoms with Gasteiger partial charge in [0.2, 0.25) is 0 Å². The van der Waals surface area contributed by atoms with Crippen molar-refractivity contribution in [3.8, 4) is 0 Å². The number of rotatable bonds is 0. The topological polar surface area (TPSA) is 58.6 Å². The minimum Gasteiger partial charge on any atom is -0.389 e. The summed E-state index contributed by atoms with van der Waals surface area (Å²) >= 11 is 0. The van der Waals surface area contributed by atoms with Crippen molar-refractivity contribution in [2.45, 2.75) is 83.7 Å². The maximum absolute atomic E-state index is 11.7. The van der Waals surface area contributed by atoms with E-state index in [1.165, 1.54) is 44.9 Å². The molecule has 3 heteroatoms. The van der Waals surface area contributed by atoms with Gasteiger partial charge in [-0.3, -0.25) is 0 Å². The summed E-state index contributed by atoms with van der Waals surface area (Å²) in [6.07, 6.45) is 12.3. The van der Waals surface area contributed by atoms with Gasteiger partial charge in [-0.25, -0.2) is 0 Å². The minimum atomic E-state index is -0.556. The second kappa shape index (κ2) is 4.72. The Morgan fingerprint density at radius 2 is 1.82 bits per heavy atom. The third-order valence-electron chi connectivity index (χ3n) is 8.67. The molecular weight excluding hydrogens is 272 g/mol. The zero-order valence-electron chi connectivity index (χ0n) is 14.3. The Bertz CT molecular complexity index is 504. The van der Waals surface area contributed by atoms with Crippen LogP contribution in [0.15, 0.2) is 5.10 Å². The smallest absolute Gasteiger partial charge is 0.0788 e. The molecular formula is C19H32N2O. The van der Waals surface area contributed by atoms with Crippen LogP contribution in [0.2, 0.25) is 0 Å². The lowest BCUT2D eigenvalue weighted by Gasteiger charge is -2.62. The first-order chi connectivity index (χ1) is 10.5. The molecule has 3 nitrogen and oxygen atoms in total. The largest absolute Gasteiger partial charge is 0.389 e. The Labute approximate surface area is 134 Å². The van der Waals surface area contributed by atoms with Crippen molar-refractivity contribution in [3.05, 3.63) is 0 Å². The molecule has 0 saturated heterocycles. The van der Waals surface area contributed by atoms with Crippen LogP contribution < -0.4 is 5.84 Å². The quantitative estimate of drug-likeness (QED) is 0.527. The number of nitrogens with zero attached hydrogens (tertiary/aromatic N) is 1. The maximum atomic E-state index is 11.7. The van der Waals surface area contributed by atoms with Gasteiger partial charge < -0.3 is 10.9 Å². The Kier molecular flexibility index (Phi) is 3.21. The molecule has 4 aliphatic carbocycles. The van der Waals surface area contributed by atoms with E-state index in [1.54, 1.807) is 0 Å². The number of aliphatic hydroxyl groups is 1. The first kappa shape index (κ1) is 15.0. The van der Waals surface area contributed by atoms with E-state index in [1.807, 2.05) is 0 Å². The number of hydrogen-bond acceptors (Lipinski definition) is 3. The summed E-state index contributed by atoms with van der Waals surface area (Å²) in [4.78, 5) is 0. The van der Waals surface area contributed by atoms with E-state index in [-0.39, 0.29) is 5.41 Å². The van der Waals surface area contributed by atoms with Gasteiger partial charge in [-0.1, -0.05) is 26.7 Å². The Balaban J connectivity index is 1.72. The van der Waals surface area contributed by atoms with Gasteiger partial charge in [0.1, 0.15) is 0 Å². The Hall–Kier alpha value is -0.570. The average Bonchev–Trinajstić information content (AvgIpc) is 2.78. The van der Waals surface area contributed by atoms with Crippen LogP contribution >= 0.6 is 0 Å². The van der Waals surface area contributed by atoms with Crippen molar-refractivity contribution in [1.82, 2.24) is 0 Å². The SMILES string of the molecule is C[C@]12CCCC[C@H]1CC[C@@H]1[C@@H]2CC[C@]2(C)C(=NN)CC[C@]12O. The second-order valence-corrected chi connectivity index (χ2v) is 9.11. The van der Waals surface area contributed by atoms with E-state index in [0.29, 0.717) is 17.3 Å². The monoisotopic (exact) mass is 304 g/mol. The van der Waals surface area contributed by atoms with Gasteiger partial charge in [-0.05, 0) is 74.5 Å². The summed E-state index contributed by atoms with van der Waals surface area (Å²) in [5.41, 5.74) is 0.825. The molecule has 0 unspecified atom stereocenters. The molecule has 0 bridgehead atoms. The van der Waals surface area contributed by atoms with E-state index in [4.69, 9.17) is 5.84 Å². The highest BCUT2D eigenvalue weighted by Gasteiger charge is 2.66. The molecule has 0 aromatic carbocycles. The fourth-order valence-electron chi connectivity index (χ4n) is 7.25. The fraction of sp³-hybridized carbons (Fsp3) is 0.947. The van der Waals surface area contributed by atoms with Gasteiger partial charge in [0, 0.05) is 11.1 Å². The van der Waals surface area contributed by atoms with Crippen LogP contribution in [0.25, 0.3) is 0 Å². The molecule has 4 rings (SSSR count). The molecule has 0 aromatic heterocycles. The lowest BCUT2D eigenvalue weighted by Crippen LogP contribution is -2.62. The van der Waals surface area contributed by atoms with Crippen molar-refractivity contribution in [3.63, 3.8) is 0 Å². The summed E-state index contributed by atoms with van der Waals surface area (Å²) < 4.78 is 0. The lowest BCUT2D eigenvalue weighted by molar-refractivity contribution is -0.185. The van der Waals surface area contributed by atoms with Crippen molar-refractivity contribution in [2.24, 2.45) is 39.5 Å². The van der Waals surface area contributed by atoms with Crippen LogP contribution in [-0.2, 0) is 0 Å². The molecule has 0 aromatic rings. The van der Waals surface area contributed by atoms with Crippen LogP contribution in [0.4, 0.5) is 0 Å². The van der Waals surface area contributed by atoms with Gasteiger partial charge in [0.15, 0.2) is 0 Å². The molecule has 4 saturated carbocycles. The van der Waals surface area contributed by atoms with Crippen LogP contribution in [0.5, 0.6) is 0 Å². The van der Waals surface area contributed by atoms with E-state index in [2.05, 4.69) is 18.9 Å². The minimum absolute atomic E-state index is 0.166. The summed E-state index contributed by atoms with van der Waals surface area (Å²) in [5.74, 6) is 7.74. The van der Waals surface area contributed by atoms with Gasteiger partial charge in [-0.2, -0.15) is 5.10 Å². The van der Waals surface area contributed by atoms with E-state index in [0.717, 1.165) is 30.9 Å².